The molecule has 0 unspecified atom stereocenters. The minimum absolute atomic E-state index is 0.112. The van der Waals surface area contributed by atoms with Gasteiger partial charge in [-0.3, -0.25) is 0 Å². The summed E-state index contributed by atoms with van der Waals surface area (Å²) in [7, 11) is 0. The predicted octanol–water partition coefficient (Wildman–Crippen LogP) is 2.27. The molecule has 15 heavy (non-hydrogen) atoms. The number of aromatic nitrogens is 1. The maximum absolute atomic E-state index is 9.42. The average molecular weight is 205 g/mol. The molecule has 78 valence electrons. The summed E-state index contributed by atoms with van der Waals surface area (Å²) in [6.45, 7) is 2.03. The number of phenols is 1. The first-order chi connectivity index (χ1) is 7.25. The van der Waals surface area contributed by atoms with Crippen LogP contribution in [0.15, 0.2) is 34.9 Å². The van der Waals surface area contributed by atoms with Crippen molar-refractivity contribution in [2.75, 3.05) is 0 Å². The van der Waals surface area contributed by atoms with Crippen LogP contribution in [0.3, 0.4) is 0 Å². The molecule has 0 saturated heterocycles. The van der Waals surface area contributed by atoms with Crippen molar-refractivity contribution in [3.8, 4) is 11.5 Å². The van der Waals surface area contributed by atoms with Crippen LogP contribution < -0.4 is 4.74 Å². The SMILES string of the molecule is Cc1cnc(COc2ccccc2O)o1. The van der Waals surface area contributed by atoms with Gasteiger partial charge in [-0.25, -0.2) is 4.98 Å². The van der Waals surface area contributed by atoms with Gasteiger partial charge in [-0.15, -0.1) is 0 Å². The standard InChI is InChI=1S/C11H11NO3/c1-8-6-12-11(15-8)7-14-10-5-3-2-4-9(10)13/h2-6,13H,7H2,1H3. The molecule has 1 aromatic heterocycles. The molecule has 4 heteroatoms. The van der Waals surface area contributed by atoms with Gasteiger partial charge in [0.05, 0.1) is 6.20 Å². The van der Waals surface area contributed by atoms with Gasteiger partial charge in [0.2, 0.25) is 5.89 Å². The van der Waals surface area contributed by atoms with Gasteiger partial charge >= 0.3 is 0 Å². The first-order valence-corrected chi connectivity index (χ1v) is 4.58. The molecule has 0 fully saturated rings. The minimum Gasteiger partial charge on any atom is -0.504 e. The highest BCUT2D eigenvalue weighted by atomic mass is 16.5. The zero-order chi connectivity index (χ0) is 10.7. The zero-order valence-corrected chi connectivity index (χ0v) is 8.30. The highest BCUT2D eigenvalue weighted by Crippen LogP contribution is 2.25. The molecule has 0 bridgehead atoms. The van der Waals surface area contributed by atoms with Gasteiger partial charge in [0, 0.05) is 0 Å². The number of para-hydroxylation sites is 2. The normalized spacial score (nSPS) is 10.2. The van der Waals surface area contributed by atoms with Gasteiger partial charge in [0.1, 0.15) is 5.76 Å². The van der Waals surface area contributed by atoms with E-state index in [-0.39, 0.29) is 12.4 Å². The van der Waals surface area contributed by atoms with E-state index >= 15 is 0 Å². The number of aryl methyl sites for hydroxylation is 1. The fourth-order valence-corrected chi connectivity index (χ4v) is 1.19. The van der Waals surface area contributed by atoms with Crippen LogP contribution in [-0.4, -0.2) is 10.1 Å². The highest BCUT2D eigenvalue weighted by molar-refractivity contribution is 5.37. The Morgan fingerprint density at radius 3 is 2.87 bits per heavy atom. The highest BCUT2D eigenvalue weighted by Gasteiger charge is 2.04. The summed E-state index contributed by atoms with van der Waals surface area (Å²) in [5.74, 6) is 1.77. The molecule has 1 N–H and O–H groups in total. The third-order valence-corrected chi connectivity index (χ3v) is 1.89. The van der Waals surface area contributed by atoms with Crippen LogP contribution >= 0.6 is 0 Å². The molecule has 0 amide bonds. The van der Waals surface area contributed by atoms with Crippen LogP contribution in [0, 0.1) is 6.92 Å². The van der Waals surface area contributed by atoms with E-state index in [0.717, 1.165) is 5.76 Å². The van der Waals surface area contributed by atoms with E-state index < -0.39 is 0 Å². The Bertz CT molecular complexity index is 451. The molecule has 0 spiro atoms. The fourth-order valence-electron chi connectivity index (χ4n) is 1.19. The molecule has 0 radical (unpaired) electrons. The summed E-state index contributed by atoms with van der Waals surface area (Å²) in [6.07, 6.45) is 1.63. The van der Waals surface area contributed by atoms with E-state index in [1.807, 2.05) is 6.92 Å². The maximum Gasteiger partial charge on any atom is 0.232 e. The van der Waals surface area contributed by atoms with Crippen molar-refractivity contribution in [1.29, 1.82) is 0 Å². The van der Waals surface area contributed by atoms with Crippen molar-refractivity contribution in [1.82, 2.24) is 4.98 Å². The number of benzene rings is 1. The van der Waals surface area contributed by atoms with E-state index in [1.165, 1.54) is 0 Å². The lowest BCUT2D eigenvalue weighted by molar-refractivity contribution is 0.250. The number of nitrogens with zero attached hydrogens (tertiary/aromatic N) is 1. The first kappa shape index (κ1) is 9.58. The van der Waals surface area contributed by atoms with Crippen molar-refractivity contribution in [2.45, 2.75) is 13.5 Å². The topological polar surface area (TPSA) is 55.5 Å². The molecule has 1 aromatic carbocycles. The Morgan fingerprint density at radius 1 is 1.40 bits per heavy atom. The molecule has 0 aliphatic rings. The number of rotatable bonds is 3. The van der Waals surface area contributed by atoms with Gasteiger partial charge < -0.3 is 14.3 Å². The van der Waals surface area contributed by atoms with Crippen molar-refractivity contribution in [3.63, 3.8) is 0 Å². The number of ether oxygens (including phenoxy) is 1. The van der Waals surface area contributed by atoms with Crippen molar-refractivity contribution < 1.29 is 14.3 Å². The molecule has 0 aliphatic carbocycles. The Hall–Kier alpha value is -1.97. The lowest BCUT2D eigenvalue weighted by atomic mass is 10.3. The van der Waals surface area contributed by atoms with Crippen molar-refractivity contribution in [3.05, 3.63) is 42.1 Å². The second kappa shape index (κ2) is 4.04. The predicted molar refractivity (Wildman–Crippen MR) is 53.7 cm³/mol. The molecule has 1 heterocycles. The van der Waals surface area contributed by atoms with Crippen LogP contribution in [0.2, 0.25) is 0 Å². The lowest BCUT2D eigenvalue weighted by Gasteiger charge is -2.04. The Labute approximate surface area is 87.1 Å². The molecule has 0 aliphatic heterocycles. The summed E-state index contributed by atoms with van der Waals surface area (Å²) in [5, 5.41) is 9.42. The Balaban J connectivity index is 2.02. The molecular weight excluding hydrogens is 194 g/mol. The molecule has 2 rings (SSSR count). The number of phenolic OH excluding ortho intramolecular Hbond substituents is 1. The van der Waals surface area contributed by atoms with Crippen LogP contribution in [-0.2, 0) is 6.61 Å². The van der Waals surface area contributed by atoms with Crippen molar-refractivity contribution in [2.24, 2.45) is 0 Å². The third kappa shape index (κ3) is 2.28. The fraction of sp³-hybridized carbons (Fsp3) is 0.182. The van der Waals surface area contributed by atoms with Crippen molar-refractivity contribution >= 4 is 0 Å². The van der Waals surface area contributed by atoms with Crippen LogP contribution in [0.1, 0.15) is 11.7 Å². The van der Waals surface area contributed by atoms with E-state index in [0.29, 0.717) is 11.6 Å². The molecule has 0 atom stereocenters. The van der Waals surface area contributed by atoms with Gasteiger partial charge in [-0.1, -0.05) is 12.1 Å². The minimum atomic E-state index is 0.112. The molecular formula is C11H11NO3. The third-order valence-electron chi connectivity index (χ3n) is 1.89. The number of hydrogen-bond acceptors (Lipinski definition) is 4. The summed E-state index contributed by atoms with van der Waals surface area (Å²) < 4.78 is 10.6. The molecule has 4 nitrogen and oxygen atoms in total. The van der Waals surface area contributed by atoms with E-state index in [2.05, 4.69) is 4.98 Å². The number of hydrogen-bond donors (Lipinski definition) is 1. The largest absolute Gasteiger partial charge is 0.504 e. The van der Waals surface area contributed by atoms with Gasteiger partial charge in [0.25, 0.3) is 0 Å². The summed E-state index contributed by atoms with van der Waals surface area (Å²) in [5.41, 5.74) is 0. The van der Waals surface area contributed by atoms with Crippen LogP contribution in [0.4, 0.5) is 0 Å². The quantitative estimate of drug-likeness (QED) is 0.835. The monoisotopic (exact) mass is 205 g/mol. The lowest BCUT2D eigenvalue weighted by Crippen LogP contribution is -1.95. The van der Waals surface area contributed by atoms with Crippen LogP contribution in [0.25, 0.3) is 0 Å². The van der Waals surface area contributed by atoms with E-state index in [1.54, 1.807) is 30.5 Å². The zero-order valence-electron chi connectivity index (χ0n) is 8.30. The molecule has 2 aromatic rings. The second-order valence-corrected chi connectivity index (χ2v) is 3.12. The smallest absolute Gasteiger partial charge is 0.232 e. The summed E-state index contributed by atoms with van der Waals surface area (Å²) >= 11 is 0. The maximum atomic E-state index is 9.42. The van der Waals surface area contributed by atoms with Crippen LogP contribution in [0.5, 0.6) is 11.5 Å². The van der Waals surface area contributed by atoms with Gasteiger partial charge in [-0.2, -0.15) is 0 Å². The van der Waals surface area contributed by atoms with Gasteiger partial charge in [0.15, 0.2) is 18.1 Å². The van der Waals surface area contributed by atoms with E-state index in [4.69, 9.17) is 9.15 Å². The average Bonchev–Trinajstić information content (AvgIpc) is 2.63. The number of aromatic hydroxyl groups is 1. The van der Waals surface area contributed by atoms with Gasteiger partial charge in [-0.05, 0) is 19.1 Å². The first-order valence-electron chi connectivity index (χ1n) is 4.58. The molecule has 0 saturated carbocycles. The summed E-state index contributed by atoms with van der Waals surface area (Å²) in [4.78, 5) is 3.99. The second-order valence-electron chi connectivity index (χ2n) is 3.12. The Kier molecular flexibility index (Phi) is 2.58. The van der Waals surface area contributed by atoms with E-state index in [9.17, 15) is 5.11 Å². The Morgan fingerprint density at radius 2 is 2.20 bits per heavy atom. The summed E-state index contributed by atoms with van der Waals surface area (Å²) in [6, 6.07) is 6.77. The number of oxazole rings is 1.